The monoisotopic (exact) mass is 375 g/mol. The van der Waals surface area contributed by atoms with Crippen molar-refractivity contribution in [3.63, 3.8) is 0 Å². The molecule has 0 radical (unpaired) electrons. The summed E-state index contributed by atoms with van der Waals surface area (Å²) in [5, 5.41) is 8.78. The van der Waals surface area contributed by atoms with Crippen LogP contribution in [-0.4, -0.2) is 39.8 Å². The first-order valence-electron chi connectivity index (χ1n) is 10.1. The van der Waals surface area contributed by atoms with E-state index in [4.69, 9.17) is 5.21 Å². The number of rotatable bonds is 3. The topological polar surface area (TPSA) is 65.5 Å². The highest BCUT2D eigenvalue weighted by Gasteiger charge is 2.50. The summed E-state index contributed by atoms with van der Waals surface area (Å²) < 4.78 is 15.4. The van der Waals surface area contributed by atoms with E-state index in [0.717, 1.165) is 56.6 Å². The van der Waals surface area contributed by atoms with Gasteiger partial charge in [-0.3, -0.25) is 19.9 Å². The van der Waals surface area contributed by atoms with Gasteiger partial charge in [0.1, 0.15) is 5.67 Å². The number of aromatic nitrogens is 1. The predicted octanol–water partition coefficient (Wildman–Crippen LogP) is 3.50. The Kier molecular flexibility index (Phi) is 4.75. The van der Waals surface area contributed by atoms with Gasteiger partial charge in [0.15, 0.2) is 0 Å². The maximum atomic E-state index is 15.4. The predicted molar refractivity (Wildman–Crippen MR) is 100 cm³/mol. The molecule has 4 atom stereocenters. The standard InChI is InChI=1S/C21H30FN3O2/c1-14-5-15-8-20(2,12-21(22,7-14)9-15)13-25-4-3-16-6-17(19(26)24-27)10-23-18(16)11-25/h6,10,14-15,27H,3-5,7-9,11-13H2,1-2H3,(H,24,26). The molecule has 2 heterocycles. The van der Waals surface area contributed by atoms with E-state index in [2.05, 4.69) is 23.7 Å². The van der Waals surface area contributed by atoms with Gasteiger partial charge in [-0.05, 0) is 67.4 Å². The zero-order valence-corrected chi connectivity index (χ0v) is 16.3. The number of hydrogen-bond donors (Lipinski definition) is 2. The van der Waals surface area contributed by atoms with E-state index in [-0.39, 0.29) is 5.41 Å². The second-order valence-corrected chi connectivity index (χ2v) is 9.69. The Morgan fingerprint density at radius 3 is 3.00 bits per heavy atom. The molecule has 5 nitrogen and oxygen atoms in total. The minimum Gasteiger partial charge on any atom is -0.297 e. The Balaban J connectivity index is 1.45. The van der Waals surface area contributed by atoms with E-state index in [0.29, 0.717) is 23.8 Å². The summed E-state index contributed by atoms with van der Waals surface area (Å²) in [5.74, 6) is 0.499. The molecule has 2 aliphatic carbocycles. The Morgan fingerprint density at radius 2 is 2.26 bits per heavy atom. The van der Waals surface area contributed by atoms with Gasteiger partial charge < -0.3 is 0 Å². The van der Waals surface area contributed by atoms with Gasteiger partial charge in [0.25, 0.3) is 5.91 Å². The number of carbonyl (C=O) groups excluding carboxylic acids is 1. The van der Waals surface area contributed by atoms with Crippen molar-refractivity contribution in [3.8, 4) is 0 Å². The third-order valence-corrected chi connectivity index (χ3v) is 6.73. The summed E-state index contributed by atoms with van der Waals surface area (Å²) in [6, 6.07) is 1.82. The van der Waals surface area contributed by atoms with Gasteiger partial charge in [-0.15, -0.1) is 0 Å². The molecule has 1 aromatic heterocycles. The Labute approximate surface area is 160 Å². The molecule has 1 aliphatic heterocycles. The van der Waals surface area contributed by atoms with Crippen LogP contribution in [0.5, 0.6) is 0 Å². The Morgan fingerprint density at radius 1 is 1.44 bits per heavy atom. The molecule has 0 saturated heterocycles. The number of carbonyl (C=O) groups is 1. The van der Waals surface area contributed by atoms with E-state index < -0.39 is 11.6 Å². The fourth-order valence-corrected chi connectivity index (χ4v) is 6.25. The maximum absolute atomic E-state index is 15.4. The van der Waals surface area contributed by atoms with Crippen molar-refractivity contribution in [1.29, 1.82) is 0 Å². The first kappa shape index (κ1) is 18.8. The van der Waals surface area contributed by atoms with E-state index in [1.807, 2.05) is 6.07 Å². The van der Waals surface area contributed by atoms with Crippen LogP contribution in [0.2, 0.25) is 0 Å². The van der Waals surface area contributed by atoms with Crippen LogP contribution >= 0.6 is 0 Å². The molecule has 4 unspecified atom stereocenters. The first-order chi connectivity index (χ1) is 12.8. The third-order valence-electron chi connectivity index (χ3n) is 6.73. The van der Waals surface area contributed by atoms with Gasteiger partial charge in [-0.1, -0.05) is 13.8 Å². The van der Waals surface area contributed by atoms with Crippen LogP contribution in [0.4, 0.5) is 4.39 Å². The maximum Gasteiger partial charge on any atom is 0.276 e. The van der Waals surface area contributed by atoms with Crippen molar-refractivity contribution in [1.82, 2.24) is 15.4 Å². The molecule has 2 N–H and O–H groups in total. The average Bonchev–Trinajstić information content (AvgIpc) is 2.58. The average molecular weight is 375 g/mol. The molecule has 27 heavy (non-hydrogen) atoms. The van der Waals surface area contributed by atoms with Crippen LogP contribution in [0.25, 0.3) is 0 Å². The molecule has 2 saturated carbocycles. The summed E-state index contributed by atoms with van der Waals surface area (Å²) in [6.07, 6.45) is 6.78. The van der Waals surface area contributed by atoms with Crippen LogP contribution < -0.4 is 5.48 Å². The van der Waals surface area contributed by atoms with Crippen molar-refractivity contribution in [2.75, 3.05) is 13.1 Å². The fraction of sp³-hybridized carbons (Fsp3) is 0.714. The Bertz CT molecular complexity index is 738. The Hall–Kier alpha value is -1.53. The van der Waals surface area contributed by atoms with Crippen molar-refractivity contribution in [2.24, 2.45) is 17.3 Å². The van der Waals surface area contributed by atoms with Crippen LogP contribution in [-0.2, 0) is 13.0 Å². The highest BCUT2D eigenvalue weighted by atomic mass is 19.1. The highest BCUT2D eigenvalue weighted by Crippen LogP contribution is 2.54. The number of amides is 1. The van der Waals surface area contributed by atoms with Crippen molar-refractivity contribution >= 4 is 5.91 Å². The van der Waals surface area contributed by atoms with Gasteiger partial charge in [-0.2, -0.15) is 0 Å². The van der Waals surface area contributed by atoms with Gasteiger partial charge in [0.05, 0.1) is 11.3 Å². The lowest BCUT2D eigenvalue weighted by molar-refractivity contribution is -0.0643. The molecular formula is C21H30FN3O2. The number of nitrogens with zero attached hydrogens (tertiary/aromatic N) is 2. The zero-order chi connectivity index (χ0) is 19.2. The van der Waals surface area contributed by atoms with Crippen molar-refractivity contribution in [3.05, 3.63) is 29.1 Å². The van der Waals surface area contributed by atoms with Crippen molar-refractivity contribution in [2.45, 2.75) is 64.6 Å². The number of pyridine rings is 1. The second-order valence-electron chi connectivity index (χ2n) is 9.69. The third kappa shape index (κ3) is 3.87. The molecule has 0 aromatic carbocycles. The molecule has 1 aromatic rings. The van der Waals surface area contributed by atoms with Gasteiger partial charge in [0, 0.05) is 25.8 Å². The molecular weight excluding hydrogens is 345 g/mol. The molecule has 1 amide bonds. The SMILES string of the molecule is CC1CC2CC(C)(CN3CCc4cc(C(=O)NO)cnc4C3)CC(F)(C1)C2. The largest absolute Gasteiger partial charge is 0.297 e. The summed E-state index contributed by atoms with van der Waals surface area (Å²) in [6.45, 7) is 7.01. The zero-order valence-electron chi connectivity index (χ0n) is 16.3. The lowest BCUT2D eigenvalue weighted by atomic mass is 9.58. The van der Waals surface area contributed by atoms with E-state index in [1.165, 1.54) is 12.6 Å². The van der Waals surface area contributed by atoms with Crippen LogP contribution in [0.1, 0.15) is 67.6 Å². The molecule has 2 fully saturated rings. The number of hydrogen-bond acceptors (Lipinski definition) is 4. The molecule has 0 spiro atoms. The summed E-state index contributed by atoms with van der Waals surface area (Å²) in [5.41, 5.74) is 3.13. The number of hydroxylamine groups is 1. The summed E-state index contributed by atoms with van der Waals surface area (Å²) in [7, 11) is 0. The quantitative estimate of drug-likeness (QED) is 0.627. The summed E-state index contributed by atoms with van der Waals surface area (Å²) in [4.78, 5) is 18.4. The second kappa shape index (κ2) is 6.82. The lowest BCUT2D eigenvalue weighted by Crippen LogP contribution is -2.50. The molecule has 2 bridgehead atoms. The number of halogens is 1. The van der Waals surface area contributed by atoms with Crippen LogP contribution in [0.15, 0.2) is 12.3 Å². The van der Waals surface area contributed by atoms with Gasteiger partial charge in [0.2, 0.25) is 0 Å². The van der Waals surface area contributed by atoms with E-state index >= 15 is 4.39 Å². The normalized spacial score (nSPS) is 36.1. The molecule has 6 heteroatoms. The fourth-order valence-electron chi connectivity index (χ4n) is 6.25. The summed E-state index contributed by atoms with van der Waals surface area (Å²) >= 11 is 0. The first-order valence-corrected chi connectivity index (χ1v) is 10.1. The number of nitrogens with one attached hydrogen (secondary N) is 1. The van der Waals surface area contributed by atoms with Gasteiger partial charge >= 0.3 is 0 Å². The van der Waals surface area contributed by atoms with Crippen molar-refractivity contribution < 1.29 is 14.4 Å². The van der Waals surface area contributed by atoms with Gasteiger partial charge in [-0.25, -0.2) is 9.87 Å². The van der Waals surface area contributed by atoms with Crippen LogP contribution in [0, 0.1) is 17.3 Å². The van der Waals surface area contributed by atoms with Crippen LogP contribution in [0.3, 0.4) is 0 Å². The smallest absolute Gasteiger partial charge is 0.276 e. The minimum absolute atomic E-state index is 0.0199. The van der Waals surface area contributed by atoms with E-state index in [9.17, 15) is 4.79 Å². The molecule has 3 aliphatic rings. The number of alkyl halides is 1. The number of fused-ring (bicyclic) bond motifs is 3. The minimum atomic E-state index is -0.978. The lowest BCUT2D eigenvalue weighted by Gasteiger charge is -2.52. The molecule has 148 valence electrons. The van der Waals surface area contributed by atoms with E-state index in [1.54, 1.807) is 5.48 Å². The highest BCUT2D eigenvalue weighted by molar-refractivity contribution is 5.93. The molecule has 4 rings (SSSR count).